The van der Waals surface area contributed by atoms with Crippen LogP contribution in [0.25, 0.3) is 0 Å². The van der Waals surface area contributed by atoms with E-state index in [-0.39, 0.29) is 12.5 Å². The lowest BCUT2D eigenvalue weighted by Gasteiger charge is -2.42. The van der Waals surface area contributed by atoms with Crippen molar-refractivity contribution in [2.75, 3.05) is 33.3 Å². The number of carbonyl (C=O) groups is 3. The second-order valence-electron chi connectivity index (χ2n) is 8.30. The van der Waals surface area contributed by atoms with Crippen molar-refractivity contribution in [3.63, 3.8) is 0 Å². The average molecular weight is 437 g/mol. The third kappa shape index (κ3) is 4.36. The molecule has 2 aliphatic heterocycles. The molecule has 32 heavy (non-hydrogen) atoms. The normalized spacial score (nSPS) is 18.4. The molecule has 0 saturated carbocycles. The minimum absolute atomic E-state index is 0.287. The number of aromatic nitrogens is 1. The number of urea groups is 1. The second-order valence-corrected chi connectivity index (χ2v) is 8.30. The summed E-state index contributed by atoms with van der Waals surface area (Å²) in [6.07, 6.45) is 5.27. The summed E-state index contributed by atoms with van der Waals surface area (Å²) >= 11 is 0. The van der Waals surface area contributed by atoms with Crippen LogP contribution in [0.5, 0.6) is 0 Å². The van der Waals surface area contributed by atoms with E-state index in [1.807, 2.05) is 42.5 Å². The van der Waals surface area contributed by atoms with Gasteiger partial charge in [-0.05, 0) is 42.5 Å². The number of esters is 1. The molecule has 3 heterocycles. The summed E-state index contributed by atoms with van der Waals surface area (Å²) < 4.78 is 4.72. The number of methoxy groups -OCH3 is 1. The number of imide groups is 1. The predicted molar refractivity (Wildman–Crippen MR) is 117 cm³/mol. The number of likely N-dealkylation sites (tertiary alicyclic amines) is 1. The summed E-state index contributed by atoms with van der Waals surface area (Å²) in [5.41, 5.74) is 1.36. The molecule has 0 N–H and O–H groups in total. The van der Waals surface area contributed by atoms with E-state index in [1.54, 1.807) is 17.3 Å². The number of pyridine rings is 1. The van der Waals surface area contributed by atoms with Gasteiger partial charge in [-0.1, -0.05) is 30.3 Å². The summed E-state index contributed by atoms with van der Waals surface area (Å²) in [7, 11) is 1.26. The van der Waals surface area contributed by atoms with E-state index in [0.717, 1.165) is 22.6 Å². The first-order chi connectivity index (χ1) is 15.5. The molecule has 1 aromatic heterocycles. The lowest BCUT2D eigenvalue weighted by Crippen LogP contribution is -2.56. The molecule has 0 atom stereocenters. The Hall–Kier alpha value is -3.26. The topological polar surface area (TPSA) is 83.1 Å². The van der Waals surface area contributed by atoms with Crippen molar-refractivity contribution in [2.45, 2.75) is 31.3 Å². The molecule has 2 aliphatic rings. The molecule has 2 fully saturated rings. The largest absolute Gasteiger partial charge is 0.468 e. The van der Waals surface area contributed by atoms with E-state index in [1.165, 1.54) is 7.11 Å². The van der Waals surface area contributed by atoms with Crippen molar-refractivity contribution < 1.29 is 19.1 Å². The van der Waals surface area contributed by atoms with Crippen molar-refractivity contribution in [3.05, 3.63) is 66.0 Å². The van der Waals surface area contributed by atoms with Gasteiger partial charge in [0.1, 0.15) is 12.1 Å². The van der Waals surface area contributed by atoms with Crippen LogP contribution in [0.15, 0.2) is 54.9 Å². The molecule has 168 valence electrons. The fourth-order valence-electron chi connectivity index (χ4n) is 4.62. The molecule has 0 radical (unpaired) electrons. The standard InChI is InChI=1S/C24H28N4O4/c1-32-21(29)18-27-22(30)24(28(23(27)31)14-9-19-5-3-2-4-6-19)10-15-26(16-11-24)17-20-7-12-25-13-8-20/h2-8,12-13H,9-11,14-18H2,1H3. The first kappa shape index (κ1) is 22.0. The number of benzene rings is 1. The van der Waals surface area contributed by atoms with E-state index < -0.39 is 17.5 Å². The zero-order valence-electron chi connectivity index (χ0n) is 18.3. The Kier molecular flexibility index (Phi) is 6.50. The van der Waals surface area contributed by atoms with Crippen LogP contribution in [0.1, 0.15) is 24.0 Å². The third-order valence-corrected chi connectivity index (χ3v) is 6.44. The number of ether oxygens (including phenoxy) is 1. The van der Waals surface area contributed by atoms with Gasteiger partial charge in [0.25, 0.3) is 5.91 Å². The maximum absolute atomic E-state index is 13.5. The molecule has 1 aromatic carbocycles. The van der Waals surface area contributed by atoms with Crippen molar-refractivity contribution >= 4 is 17.9 Å². The summed E-state index contributed by atoms with van der Waals surface area (Å²) in [6, 6.07) is 13.5. The summed E-state index contributed by atoms with van der Waals surface area (Å²) in [5.74, 6) is -0.883. The van der Waals surface area contributed by atoms with Crippen LogP contribution >= 0.6 is 0 Å². The zero-order chi connectivity index (χ0) is 22.6. The Labute approximate surface area is 187 Å². The number of piperidine rings is 1. The van der Waals surface area contributed by atoms with Crippen LogP contribution < -0.4 is 0 Å². The van der Waals surface area contributed by atoms with Crippen molar-refractivity contribution in [1.82, 2.24) is 19.7 Å². The second kappa shape index (κ2) is 9.48. The van der Waals surface area contributed by atoms with Gasteiger partial charge >= 0.3 is 12.0 Å². The first-order valence-corrected chi connectivity index (χ1v) is 10.9. The van der Waals surface area contributed by atoms with Gasteiger partial charge in [-0.2, -0.15) is 0 Å². The first-order valence-electron chi connectivity index (χ1n) is 10.9. The maximum Gasteiger partial charge on any atom is 0.328 e. The highest BCUT2D eigenvalue weighted by molar-refractivity contribution is 6.08. The quantitative estimate of drug-likeness (QED) is 0.488. The summed E-state index contributed by atoms with van der Waals surface area (Å²) in [4.78, 5) is 47.7. The maximum atomic E-state index is 13.5. The number of amides is 3. The van der Waals surface area contributed by atoms with Crippen LogP contribution in [0, 0.1) is 0 Å². The van der Waals surface area contributed by atoms with Gasteiger partial charge < -0.3 is 9.64 Å². The monoisotopic (exact) mass is 436 g/mol. The van der Waals surface area contributed by atoms with E-state index in [2.05, 4.69) is 9.88 Å². The molecule has 0 aliphatic carbocycles. The van der Waals surface area contributed by atoms with Crippen LogP contribution in [-0.2, 0) is 27.3 Å². The van der Waals surface area contributed by atoms with E-state index in [0.29, 0.717) is 38.9 Å². The van der Waals surface area contributed by atoms with E-state index >= 15 is 0 Å². The number of carbonyl (C=O) groups excluding carboxylic acids is 3. The molecule has 0 bridgehead atoms. The Morgan fingerprint density at radius 2 is 1.72 bits per heavy atom. The van der Waals surface area contributed by atoms with Crippen LogP contribution in [-0.4, -0.2) is 76.4 Å². The SMILES string of the molecule is COC(=O)CN1C(=O)N(CCc2ccccc2)C2(CCN(Cc3ccncc3)CC2)C1=O. The minimum atomic E-state index is -0.908. The number of rotatable bonds is 7. The molecule has 0 unspecified atom stereocenters. The minimum Gasteiger partial charge on any atom is -0.468 e. The van der Waals surface area contributed by atoms with Crippen molar-refractivity contribution in [2.24, 2.45) is 0 Å². The third-order valence-electron chi connectivity index (χ3n) is 6.44. The Morgan fingerprint density at radius 3 is 2.38 bits per heavy atom. The fourth-order valence-corrected chi connectivity index (χ4v) is 4.62. The summed E-state index contributed by atoms with van der Waals surface area (Å²) in [5, 5.41) is 0. The smallest absolute Gasteiger partial charge is 0.328 e. The van der Waals surface area contributed by atoms with E-state index in [9.17, 15) is 14.4 Å². The van der Waals surface area contributed by atoms with Gasteiger partial charge in [0.2, 0.25) is 0 Å². The molecular weight excluding hydrogens is 408 g/mol. The lowest BCUT2D eigenvalue weighted by molar-refractivity contribution is -0.146. The highest BCUT2D eigenvalue weighted by atomic mass is 16.5. The molecule has 1 spiro atoms. The number of hydrogen-bond acceptors (Lipinski definition) is 6. The van der Waals surface area contributed by atoms with Gasteiger partial charge in [-0.15, -0.1) is 0 Å². The fraction of sp³-hybridized carbons (Fsp3) is 0.417. The molecule has 8 heteroatoms. The highest BCUT2D eigenvalue weighted by Crippen LogP contribution is 2.37. The van der Waals surface area contributed by atoms with Crippen LogP contribution in [0.3, 0.4) is 0 Å². The number of hydrogen-bond donors (Lipinski definition) is 0. The van der Waals surface area contributed by atoms with Gasteiger partial charge in [-0.3, -0.25) is 24.4 Å². The Balaban J connectivity index is 1.51. The van der Waals surface area contributed by atoms with Gasteiger partial charge in [0.15, 0.2) is 0 Å². The predicted octanol–water partition coefficient (Wildman–Crippen LogP) is 2.10. The molecule has 2 saturated heterocycles. The molecule has 2 aromatic rings. The highest BCUT2D eigenvalue weighted by Gasteiger charge is 2.58. The van der Waals surface area contributed by atoms with Gasteiger partial charge in [0, 0.05) is 38.6 Å². The Bertz CT molecular complexity index is 958. The summed E-state index contributed by atoms with van der Waals surface area (Å²) in [6.45, 7) is 2.23. The Morgan fingerprint density at radius 1 is 1.03 bits per heavy atom. The molecule has 3 amide bonds. The van der Waals surface area contributed by atoms with Gasteiger partial charge in [0.05, 0.1) is 7.11 Å². The molecule has 4 rings (SSSR count). The number of nitrogens with zero attached hydrogens (tertiary/aromatic N) is 4. The van der Waals surface area contributed by atoms with Crippen LogP contribution in [0.4, 0.5) is 4.79 Å². The molecular formula is C24H28N4O4. The lowest BCUT2D eigenvalue weighted by atomic mass is 9.85. The average Bonchev–Trinajstić information content (AvgIpc) is 3.01. The van der Waals surface area contributed by atoms with E-state index in [4.69, 9.17) is 4.74 Å². The van der Waals surface area contributed by atoms with Crippen molar-refractivity contribution in [3.8, 4) is 0 Å². The van der Waals surface area contributed by atoms with Gasteiger partial charge in [-0.25, -0.2) is 4.79 Å². The van der Waals surface area contributed by atoms with Crippen LogP contribution in [0.2, 0.25) is 0 Å². The zero-order valence-corrected chi connectivity index (χ0v) is 18.3. The molecule has 8 nitrogen and oxygen atoms in total. The van der Waals surface area contributed by atoms with Crippen molar-refractivity contribution in [1.29, 1.82) is 0 Å².